The van der Waals surface area contributed by atoms with Gasteiger partial charge in [0.15, 0.2) is 0 Å². The predicted molar refractivity (Wildman–Crippen MR) is 91.2 cm³/mol. The van der Waals surface area contributed by atoms with Gasteiger partial charge in [-0.2, -0.15) is 92.2 Å². The van der Waals surface area contributed by atoms with Crippen molar-refractivity contribution in [3.05, 3.63) is 0 Å². The highest BCUT2D eigenvalue weighted by Gasteiger charge is 2.99. The Labute approximate surface area is 215 Å². The van der Waals surface area contributed by atoms with Crippen molar-refractivity contribution >= 4 is 8.80 Å². The van der Waals surface area contributed by atoms with Crippen LogP contribution in [0.3, 0.4) is 0 Å². The molecule has 0 aromatic rings. The number of halogens is 21. The van der Waals surface area contributed by atoms with E-state index in [9.17, 15) is 92.2 Å². The maximum atomic E-state index is 14.7. The molecule has 41 heavy (non-hydrogen) atoms. The third-order valence-electron chi connectivity index (χ3n) is 4.90. The summed E-state index contributed by atoms with van der Waals surface area (Å²) in [5.41, 5.74) is -7.09. The zero-order valence-electron chi connectivity index (χ0n) is 19.8. The van der Waals surface area contributed by atoms with Crippen molar-refractivity contribution in [2.75, 3.05) is 19.8 Å². The van der Waals surface area contributed by atoms with Gasteiger partial charge in [-0.25, -0.2) is 0 Å². The highest BCUT2D eigenvalue weighted by Crippen LogP contribution is 2.66. The number of hydrogen-bond donors (Lipinski definition) is 0. The molecule has 0 aromatic carbocycles. The van der Waals surface area contributed by atoms with E-state index in [4.69, 9.17) is 0 Å². The summed E-state index contributed by atoms with van der Waals surface area (Å²) in [7, 11) is -6.89. The second-order valence-corrected chi connectivity index (χ2v) is 10.1. The summed E-state index contributed by atoms with van der Waals surface area (Å²) in [5.74, 6) is -71.0. The molecule has 0 amide bonds. The molecule has 0 N–H and O–H groups in total. The summed E-state index contributed by atoms with van der Waals surface area (Å²) in [5, 5.41) is 0. The molecular weight excluding hydrogens is 667 g/mol. The average molecular weight is 682 g/mol. The van der Waals surface area contributed by atoms with E-state index in [1.54, 1.807) is 0 Å². The van der Waals surface area contributed by atoms with Crippen molar-refractivity contribution in [3.8, 4) is 0 Å². The summed E-state index contributed by atoms with van der Waals surface area (Å²) in [6.45, 7) is -1.92. The van der Waals surface area contributed by atoms with Gasteiger partial charge in [-0.3, -0.25) is 0 Å². The Balaban J connectivity index is 7.38. The molecule has 0 aliphatic carbocycles. The van der Waals surface area contributed by atoms with E-state index in [0.29, 0.717) is 20.8 Å². The normalized spacial score (nSPS) is 16.4. The fourth-order valence-electron chi connectivity index (χ4n) is 2.72. The molecule has 0 saturated heterocycles. The molecule has 0 radical (unpaired) electrons. The zero-order valence-corrected chi connectivity index (χ0v) is 20.8. The van der Waals surface area contributed by atoms with Crippen LogP contribution in [0.25, 0.3) is 0 Å². The van der Waals surface area contributed by atoms with Crippen LogP contribution in [-0.4, -0.2) is 87.7 Å². The molecule has 0 aromatic heterocycles. The summed E-state index contributed by atoms with van der Waals surface area (Å²) in [6.07, 6.45) is -8.03. The van der Waals surface area contributed by atoms with Crippen molar-refractivity contribution in [3.63, 3.8) is 0 Å². The Bertz CT molecular complexity index is 843. The molecular formula is C16H15F21O3Si. The number of rotatable bonds is 15. The summed E-state index contributed by atoms with van der Waals surface area (Å²) in [4.78, 5) is 0. The first-order valence-corrected chi connectivity index (χ1v) is 11.8. The number of hydrogen-bond acceptors (Lipinski definition) is 3. The van der Waals surface area contributed by atoms with Gasteiger partial charge in [0.25, 0.3) is 0 Å². The second kappa shape index (κ2) is 11.0. The van der Waals surface area contributed by atoms with Crippen molar-refractivity contribution < 1.29 is 105 Å². The van der Waals surface area contributed by atoms with E-state index in [2.05, 4.69) is 13.3 Å². The highest BCUT2D eigenvalue weighted by molar-refractivity contribution is 6.63. The Hall–Kier alpha value is -1.37. The first-order chi connectivity index (χ1) is 17.7. The lowest BCUT2D eigenvalue weighted by atomic mass is 9.87. The quantitative estimate of drug-likeness (QED) is 0.130. The largest absolute Gasteiger partial charge is 0.582 e. The van der Waals surface area contributed by atoms with Crippen LogP contribution >= 0.6 is 0 Å². The molecule has 0 fully saturated rings. The maximum Gasteiger partial charge on any atom is 0.582 e. The lowest BCUT2D eigenvalue weighted by Crippen LogP contribution is -2.79. The molecule has 0 unspecified atom stereocenters. The molecule has 0 bridgehead atoms. The van der Waals surface area contributed by atoms with E-state index in [1.807, 2.05) is 0 Å². The molecule has 3 nitrogen and oxygen atoms in total. The van der Waals surface area contributed by atoms with Gasteiger partial charge >= 0.3 is 67.9 Å². The Kier molecular flexibility index (Phi) is 10.6. The van der Waals surface area contributed by atoms with Crippen LogP contribution in [0, 0.1) is 0 Å². The van der Waals surface area contributed by atoms with E-state index < -0.39 is 87.7 Å². The fraction of sp³-hybridized carbons (Fsp3) is 1.00. The van der Waals surface area contributed by atoms with Crippen molar-refractivity contribution in [2.24, 2.45) is 0 Å². The van der Waals surface area contributed by atoms with Gasteiger partial charge in [-0.15, -0.1) is 0 Å². The Morgan fingerprint density at radius 3 is 0.732 bits per heavy atom. The molecule has 0 rings (SSSR count). The van der Waals surface area contributed by atoms with Gasteiger partial charge in [0, 0.05) is 19.8 Å². The van der Waals surface area contributed by atoms with Crippen LogP contribution in [0.4, 0.5) is 92.2 Å². The van der Waals surface area contributed by atoms with E-state index in [-0.39, 0.29) is 0 Å². The topological polar surface area (TPSA) is 27.7 Å². The first kappa shape index (κ1) is 39.6. The Morgan fingerprint density at radius 1 is 0.341 bits per heavy atom. The van der Waals surface area contributed by atoms with Gasteiger partial charge in [0.1, 0.15) is 0 Å². The minimum absolute atomic E-state index is 0.633. The van der Waals surface area contributed by atoms with Crippen molar-refractivity contribution in [2.45, 2.75) is 79.9 Å². The molecule has 0 saturated carbocycles. The van der Waals surface area contributed by atoms with Crippen LogP contribution in [0.2, 0.25) is 0 Å². The van der Waals surface area contributed by atoms with Crippen LogP contribution in [0.1, 0.15) is 20.8 Å². The third kappa shape index (κ3) is 5.12. The lowest BCUT2D eigenvalue weighted by molar-refractivity contribution is -0.473. The van der Waals surface area contributed by atoms with Crippen molar-refractivity contribution in [1.29, 1.82) is 0 Å². The second-order valence-electron chi connectivity index (χ2n) is 7.52. The number of alkyl halides is 21. The first-order valence-electron chi connectivity index (χ1n) is 10.1. The van der Waals surface area contributed by atoms with Crippen LogP contribution in [0.15, 0.2) is 0 Å². The van der Waals surface area contributed by atoms with Crippen molar-refractivity contribution in [1.82, 2.24) is 0 Å². The Morgan fingerprint density at radius 2 is 0.537 bits per heavy atom. The van der Waals surface area contributed by atoms with Gasteiger partial charge < -0.3 is 13.3 Å². The SMILES string of the molecule is CCO[Si](OCC)(OCC)C(F)(F)C(F)(F)C(F)(F)C(F)(F)C(F)(F)C(F)(F)C(F)(F)C(F)(F)C(F)(F)C(F)(F)F. The monoisotopic (exact) mass is 682 g/mol. The minimum Gasteiger partial charge on any atom is -0.370 e. The summed E-state index contributed by atoms with van der Waals surface area (Å²) in [6, 6.07) is 0. The summed E-state index contributed by atoms with van der Waals surface area (Å²) < 4.78 is 297. The van der Waals surface area contributed by atoms with Gasteiger partial charge in [0.2, 0.25) is 0 Å². The van der Waals surface area contributed by atoms with Crippen LogP contribution in [0.5, 0.6) is 0 Å². The average Bonchev–Trinajstić information content (AvgIpc) is 2.77. The molecule has 0 aliphatic heterocycles. The summed E-state index contributed by atoms with van der Waals surface area (Å²) >= 11 is 0. The van der Waals surface area contributed by atoms with Crippen LogP contribution < -0.4 is 0 Å². The smallest absolute Gasteiger partial charge is 0.370 e. The predicted octanol–water partition coefficient (Wildman–Crippen LogP) is 7.85. The molecule has 248 valence electrons. The third-order valence-corrected chi connectivity index (χ3v) is 7.99. The fourth-order valence-corrected chi connectivity index (χ4v) is 5.19. The van der Waals surface area contributed by atoms with E-state index >= 15 is 0 Å². The molecule has 25 heteroatoms. The van der Waals surface area contributed by atoms with E-state index in [0.717, 1.165) is 0 Å². The zero-order chi connectivity index (χ0) is 33.7. The standard InChI is InChI=1S/C16H15F21O3Si/c1-4-38-41(39-5-2,40-6-3)16(36,37)14(31,32)12(27,28)10(23,24)8(19,20)7(17,18)9(21,22)11(25,26)13(29,30)15(33,34)35/h4-6H2,1-3H3. The molecule has 0 heterocycles. The lowest BCUT2D eigenvalue weighted by Gasteiger charge is -2.46. The molecule has 0 atom stereocenters. The molecule has 0 aliphatic rings. The van der Waals surface area contributed by atoms with Crippen LogP contribution in [-0.2, 0) is 13.3 Å². The van der Waals surface area contributed by atoms with Gasteiger partial charge in [-0.1, -0.05) is 0 Å². The maximum absolute atomic E-state index is 14.7. The highest BCUT2D eigenvalue weighted by atomic mass is 28.4. The minimum atomic E-state index is -9.23. The molecule has 0 spiro atoms. The van der Waals surface area contributed by atoms with Gasteiger partial charge in [-0.05, 0) is 20.8 Å². The van der Waals surface area contributed by atoms with E-state index in [1.165, 1.54) is 0 Å². The van der Waals surface area contributed by atoms with Gasteiger partial charge in [0.05, 0.1) is 0 Å².